The molecule has 0 spiro atoms. The van der Waals surface area contributed by atoms with Crippen LogP contribution in [0.3, 0.4) is 0 Å². The molecule has 0 atom stereocenters. The maximum atomic E-state index is 11.9. The fourth-order valence-electron chi connectivity index (χ4n) is 1.87. The van der Waals surface area contributed by atoms with Gasteiger partial charge in [-0.3, -0.25) is 4.79 Å². The number of hydrogen-bond donors (Lipinski definition) is 2. The Bertz CT molecular complexity index is 682. The Morgan fingerprint density at radius 2 is 1.95 bits per heavy atom. The molecule has 110 valence electrons. The van der Waals surface area contributed by atoms with Crippen molar-refractivity contribution in [3.63, 3.8) is 0 Å². The summed E-state index contributed by atoms with van der Waals surface area (Å²) in [7, 11) is 0. The lowest BCUT2D eigenvalue weighted by atomic mass is 10.2. The molecular weight excluding hydrogens is 290 g/mol. The molecule has 0 bridgehead atoms. The molecular formula is C14H15N3O3S. The lowest BCUT2D eigenvalue weighted by Gasteiger charge is -2.04. The summed E-state index contributed by atoms with van der Waals surface area (Å²) < 4.78 is 0. The standard InChI is InChI=1S/C14H15N3O3S/c1-8-12(21-9(2)16-8)6-7-15-13(18)10-4-3-5-11(17-10)14(19)20/h3-5H,6-7H2,1-2H3,(H,15,18)(H,19,20). The second kappa shape index (κ2) is 6.45. The summed E-state index contributed by atoms with van der Waals surface area (Å²) in [5.41, 5.74) is 0.946. The van der Waals surface area contributed by atoms with Crippen molar-refractivity contribution >= 4 is 23.2 Å². The molecule has 0 saturated carbocycles. The molecule has 0 aliphatic carbocycles. The molecule has 2 heterocycles. The van der Waals surface area contributed by atoms with E-state index in [0.717, 1.165) is 15.6 Å². The van der Waals surface area contributed by atoms with Crippen LogP contribution < -0.4 is 5.32 Å². The second-order valence-corrected chi connectivity index (χ2v) is 5.75. The number of hydrogen-bond acceptors (Lipinski definition) is 5. The largest absolute Gasteiger partial charge is 0.477 e. The van der Waals surface area contributed by atoms with Gasteiger partial charge in [0.05, 0.1) is 10.7 Å². The van der Waals surface area contributed by atoms with Gasteiger partial charge in [0.25, 0.3) is 5.91 Å². The summed E-state index contributed by atoms with van der Waals surface area (Å²) in [6.45, 7) is 4.35. The summed E-state index contributed by atoms with van der Waals surface area (Å²) in [6, 6.07) is 4.34. The van der Waals surface area contributed by atoms with Gasteiger partial charge in [-0.2, -0.15) is 0 Å². The normalized spacial score (nSPS) is 10.4. The quantitative estimate of drug-likeness (QED) is 0.879. The maximum absolute atomic E-state index is 11.9. The highest BCUT2D eigenvalue weighted by molar-refractivity contribution is 7.11. The van der Waals surface area contributed by atoms with Crippen LogP contribution in [0.25, 0.3) is 0 Å². The van der Waals surface area contributed by atoms with Gasteiger partial charge in [-0.05, 0) is 26.0 Å². The second-order valence-electron chi connectivity index (χ2n) is 4.46. The van der Waals surface area contributed by atoms with E-state index in [2.05, 4.69) is 15.3 Å². The van der Waals surface area contributed by atoms with Crippen molar-refractivity contribution in [3.8, 4) is 0 Å². The first-order valence-electron chi connectivity index (χ1n) is 6.39. The minimum atomic E-state index is -1.15. The first-order valence-corrected chi connectivity index (χ1v) is 7.20. The highest BCUT2D eigenvalue weighted by Crippen LogP contribution is 2.17. The number of rotatable bonds is 5. The third-order valence-electron chi connectivity index (χ3n) is 2.84. The molecule has 0 radical (unpaired) electrons. The number of carboxylic acids is 1. The lowest BCUT2D eigenvalue weighted by Crippen LogP contribution is -2.27. The van der Waals surface area contributed by atoms with Gasteiger partial charge >= 0.3 is 5.97 Å². The number of carboxylic acid groups (broad SMARTS) is 1. The molecule has 0 saturated heterocycles. The minimum Gasteiger partial charge on any atom is -0.477 e. The Morgan fingerprint density at radius 1 is 1.24 bits per heavy atom. The molecule has 7 heteroatoms. The van der Waals surface area contributed by atoms with Crippen LogP contribution >= 0.6 is 11.3 Å². The van der Waals surface area contributed by atoms with Gasteiger partial charge in [-0.15, -0.1) is 11.3 Å². The van der Waals surface area contributed by atoms with Gasteiger partial charge in [-0.1, -0.05) is 6.07 Å². The zero-order chi connectivity index (χ0) is 15.4. The topological polar surface area (TPSA) is 92.2 Å². The minimum absolute atomic E-state index is 0.104. The van der Waals surface area contributed by atoms with E-state index in [-0.39, 0.29) is 17.3 Å². The van der Waals surface area contributed by atoms with E-state index in [0.29, 0.717) is 13.0 Å². The molecule has 2 N–H and O–H groups in total. The fourth-order valence-corrected chi connectivity index (χ4v) is 2.80. The number of aromatic nitrogens is 2. The Morgan fingerprint density at radius 3 is 2.57 bits per heavy atom. The number of carbonyl (C=O) groups excluding carboxylic acids is 1. The van der Waals surface area contributed by atoms with E-state index in [1.165, 1.54) is 18.2 Å². The van der Waals surface area contributed by atoms with Gasteiger partial charge in [0.15, 0.2) is 0 Å². The molecule has 0 aliphatic rings. The molecule has 0 aromatic carbocycles. The van der Waals surface area contributed by atoms with Gasteiger partial charge in [-0.25, -0.2) is 14.8 Å². The van der Waals surface area contributed by atoms with E-state index in [9.17, 15) is 9.59 Å². The van der Waals surface area contributed by atoms with E-state index in [1.54, 1.807) is 11.3 Å². The number of amides is 1. The van der Waals surface area contributed by atoms with Crippen LogP contribution in [-0.4, -0.2) is 33.5 Å². The number of nitrogens with zero attached hydrogens (tertiary/aromatic N) is 2. The van der Waals surface area contributed by atoms with Crippen LogP contribution in [0, 0.1) is 13.8 Å². The van der Waals surface area contributed by atoms with Crippen LogP contribution in [0.1, 0.15) is 36.6 Å². The maximum Gasteiger partial charge on any atom is 0.354 e. The predicted octanol–water partition coefficient (Wildman–Crippen LogP) is 1.83. The van der Waals surface area contributed by atoms with Gasteiger partial charge in [0.2, 0.25) is 0 Å². The first-order chi connectivity index (χ1) is 9.97. The zero-order valence-electron chi connectivity index (χ0n) is 11.7. The number of thiazole rings is 1. The van der Waals surface area contributed by atoms with Crippen molar-refractivity contribution in [2.75, 3.05) is 6.54 Å². The van der Waals surface area contributed by atoms with E-state index in [4.69, 9.17) is 5.11 Å². The van der Waals surface area contributed by atoms with Gasteiger partial charge < -0.3 is 10.4 Å². The van der Waals surface area contributed by atoms with Crippen LogP contribution in [0.4, 0.5) is 0 Å². The number of aryl methyl sites for hydroxylation is 2. The number of nitrogens with one attached hydrogen (secondary N) is 1. The van der Waals surface area contributed by atoms with Crippen molar-refractivity contribution in [1.29, 1.82) is 0 Å². The smallest absolute Gasteiger partial charge is 0.354 e. The summed E-state index contributed by atoms with van der Waals surface area (Å²) in [5, 5.41) is 12.6. The number of carbonyl (C=O) groups is 2. The average molecular weight is 305 g/mol. The van der Waals surface area contributed by atoms with Crippen LogP contribution in [0.5, 0.6) is 0 Å². The fraction of sp³-hybridized carbons (Fsp3) is 0.286. The highest BCUT2D eigenvalue weighted by Gasteiger charge is 2.11. The molecule has 0 aliphatic heterocycles. The summed E-state index contributed by atoms with van der Waals surface area (Å²) in [6.07, 6.45) is 0.696. The molecule has 1 amide bonds. The number of pyridine rings is 1. The Labute approximate surface area is 125 Å². The summed E-state index contributed by atoms with van der Waals surface area (Å²) in [4.78, 5) is 32.0. The van der Waals surface area contributed by atoms with E-state index in [1.807, 2.05) is 13.8 Å². The van der Waals surface area contributed by atoms with Gasteiger partial charge in [0, 0.05) is 17.8 Å². The van der Waals surface area contributed by atoms with E-state index >= 15 is 0 Å². The molecule has 2 aromatic rings. The Kier molecular flexibility index (Phi) is 4.64. The van der Waals surface area contributed by atoms with Crippen molar-refractivity contribution in [1.82, 2.24) is 15.3 Å². The summed E-state index contributed by atoms with van der Waals surface area (Å²) >= 11 is 1.61. The lowest BCUT2D eigenvalue weighted by molar-refractivity contribution is 0.0690. The Balaban J connectivity index is 1.94. The highest BCUT2D eigenvalue weighted by atomic mass is 32.1. The number of aromatic carboxylic acids is 1. The third kappa shape index (κ3) is 3.85. The molecule has 21 heavy (non-hydrogen) atoms. The molecule has 2 rings (SSSR count). The first kappa shape index (κ1) is 15.1. The average Bonchev–Trinajstić information content (AvgIpc) is 2.77. The van der Waals surface area contributed by atoms with Crippen molar-refractivity contribution < 1.29 is 14.7 Å². The van der Waals surface area contributed by atoms with Crippen LogP contribution in [0.2, 0.25) is 0 Å². The predicted molar refractivity (Wildman–Crippen MR) is 78.8 cm³/mol. The molecule has 0 fully saturated rings. The monoisotopic (exact) mass is 305 g/mol. The Hall–Kier alpha value is -2.28. The van der Waals surface area contributed by atoms with Crippen molar-refractivity contribution in [3.05, 3.63) is 45.2 Å². The van der Waals surface area contributed by atoms with Crippen LogP contribution in [0.15, 0.2) is 18.2 Å². The summed E-state index contributed by atoms with van der Waals surface area (Å²) in [5.74, 6) is -1.53. The molecule has 0 unspecified atom stereocenters. The third-order valence-corrected chi connectivity index (χ3v) is 3.97. The molecule has 2 aromatic heterocycles. The van der Waals surface area contributed by atoms with Crippen molar-refractivity contribution in [2.45, 2.75) is 20.3 Å². The van der Waals surface area contributed by atoms with Gasteiger partial charge in [0.1, 0.15) is 11.4 Å². The zero-order valence-corrected chi connectivity index (χ0v) is 12.5. The van der Waals surface area contributed by atoms with E-state index < -0.39 is 5.97 Å². The van der Waals surface area contributed by atoms with Crippen molar-refractivity contribution in [2.24, 2.45) is 0 Å². The molecule has 6 nitrogen and oxygen atoms in total. The SMILES string of the molecule is Cc1nc(C)c(CCNC(=O)c2cccc(C(=O)O)n2)s1. The van der Waals surface area contributed by atoms with Crippen LogP contribution in [-0.2, 0) is 6.42 Å².